The molecule has 0 spiro atoms. The van der Waals surface area contributed by atoms with E-state index in [1.807, 2.05) is 24.4 Å². The summed E-state index contributed by atoms with van der Waals surface area (Å²) in [5, 5.41) is 23.5. The molecule has 5 heterocycles. The third-order valence-corrected chi connectivity index (χ3v) is 7.34. The van der Waals surface area contributed by atoms with Crippen molar-refractivity contribution in [3.8, 4) is 22.9 Å². The van der Waals surface area contributed by atoms with Crippen LogP contribution in [0.1, 0.15) is 48.5 Å². The molecule has 180 valence electrons. The van der Waals surface area contributed by atoms with E-state index in [0.29, 0.717) is 29.0 Å². The quantitative estimate of drug-likeness (QED) is 0.413. The molecule has 3 aromatic heterocycles. The molecule has 0 saturated carbocycles. The van der Waals surface area contributed by atoms with Crippen molar-refractivity contribution in [2.45, 2.75) is 38.1 Å². The molecule has 1 atom stereocenters. The average molecular weight is 472 g/mol. The van der Waals surface area contributed by atoms with Gasteiger partial charge in [-0.1, -0.05) is 12.1 Å². The topological polar surface area (TPSA) is 112 Å². The zero-order valence-electron chi connectivity index (χ0n) is 20.0. The summed E-state index contributed by atoms with van der Waals surface area (Å²) in [4.78, 5) is 15.3. The van der Waals surface area contributed by atoms with Crippen molar-refractivity contribution in [1.82, 2.24) is 30.5 Å². The normalized spacial score (nSPS) is 18.6. The molecule has 6 rings (SSSR count). The molecule has 1 saturated heterocycles. The van der Waals surface area contributed by atoms with Gasteiger partial charge in [-0.25, -0.2) is 4.98 Å². The highest BCUT2D eigenvalue weighted by Crippen LogP contribution is 2.39. The standard InChI is InChI=1S/C26H29N7O2/c1-15-23-18-13-21(17-5-3-4-6-22(17)34)31-32-24(18)29-20(23)9-12-33(15)26-28-14-19(25(30-26)35-2)16-7-10-27-11-8-16/h3-6,13-16,27,34H,7-12H2,1-2H3,(H,29,32)/t15-/m1/s1. The van der Waals surface area contributed by atoms with Gasteiger partial charge < -0.3 is 25.0 Å². The molecule has 1 aromatic carbocycles. The number of aromatic amines is 1. The van der Waals surface area contributed by atoms with Crippen molar-refractivity contribution in [1.29, 1.82) is 0 Å². The summed E-state index contributed by atoms with van der Waals surface area (Å²) in [5.41, 5.74) is 5.48. The van der Waals surface area contributed by atoms with E-state index in [0.717, 1.165) is 61.2 Å². The van der Waals surface area contributed by atoms with Gasteiger partial charge in [0.1, 0.15) is 5.75 Å². The summed E-state index contributed by atoms with van der Waals surface area (Å²) in [6.07, 6.45) is 4.91. The lowest BCUT2D eigenvalue weighted by Gasteiger charge is -2.34. The van der Waals surface area contributed by atoms with E-state index in [-0.39, 0.29) is 11.8 Å². The predicted octanol–water partition coefficient (Wildman–Crippen LogP) is 3.72. The molecule has 0 aliphatic carbocycles. The maximum Gasteiger partial charge on any atom is 0.229 e. The van der Waals surface area contributed by atoms with Crippen LogP contribution in [-0.4, -0.2) is 57.0 Å². The van der Waals surface area contributed by atoms with Gasteiger partial charge >= 0.3 is 0 Å². The van der Waals surface area contributed by atoms with Crippen LogP contribution in [0.25, 0.3) is 22.3 Å². The summed E-state index contributed by atoms with van der Waals surface area (Å²) in [6, 6.07) is 9.24. The number of hydrogen-bond acceptors (Lipinski definition) is 8. The first-order valence-corrected chi connectivity index (χ1v) is 12.2. The predicted molar refractivity (Wildman–Crippen MR) is 134 cm³/mol. The summed E-state index contributed by atoms with van der Waals surface area (Å²) in [5.74, 6) is 1.96. The molecule has 4 aromatic rings. The molecule has 2 aliphatic heterocycles. The molecule has 0 amide bonds. The number of nitrogens with zero attached hydrogens (tertiary/aromatic N) is 5. The lowest BCUT2D eigenvalue weighted by atomic mass is 9.92. The fourth-order valence-corrected chi connectivity index (χ4v) is 5.49. The van der Waals surface area contributed by atoms with Crippen LogP contribution in [0.5, 0.6) is 11.6 Å². The van der Waals surface area contributed by atoms with Crippen LogP contribution in [0.3, 0.4) is 0 Å². The van der Waals surface area contributed by atoms with Crippen LogP contribution in [0.4, 0.5) is 5.95 Å². The third-order valence-electron chi connectivity index (χ3n) is 7.34. The zero-order chi connectivity index (χ0) is 23.9. The van der Waals surface area contributed by atoms with Gasteiger partial charge in [-0.15, -0.1) is 10.2 Å². The number of hydrogen-bond donors (Lipinski definition) is 3. The number of fused-ring (bicyclic) bond motifs is 3. The maximum atomic E-state index is 10.3. The number of anilines is 1. The largest absolute Gasteiger partial charge is 0.507 e. The number of aromatic nitrogens is 5. The van der Waals surface area contributed by atoms with E-state index in [9.17, 15) is 5.11 Å². The molecular weight excluding hydrogens is 442 g/mol. The van der Waals surface area contributed by atoms with E-state index in [4.69, 9.17) is 14.7 Å². The number of phenols is 1. The summed E-state index contributed by atoms with van der Waals surface area (Å²) >= 11 is 0. The molecule has 0 radical (unpaired) electrons. The van der Waals surface area contributed by atoms with Gasteiger partial charge in [0.25, 0.3) is 0 Å². The molecule has 0 unspecified atom stereocenters. The van der Waals surface area contributed by atoms with E-state index < -0.39 is 0 Å². The number of H-pyrrole nitrogens is 1. The van der Waals surface area contributed by atoms with E-state index >= 15 is 0 Å². The highest BCUT2D eigenvalue weighted by molar-refractivity contribution is 5.86. The minimum Gasteiger partial charge on any atom is -0.507 e. The highest BCUT2D eigenvalue weighted by atomic mass is 16.5. The number of benzene rings is 1. The van der Waals surface area contributed by atoms with E-state index in [1.54, 1.807) is 19.2 Å². The number of methoxy groups -OCH3 is 1. The third kappa shape index (κ3) is 3.76. The molecule has 1 fully saturated rings. The Labute approximate surface area is 203 Å². The molecule has 9 nitrogen and oxygen atoms in total. The molecule has 0 bridgehead atoms. The molecule has 9 heteroatoms. The summed E-state index contributed by atoms with van der Waals surface area (Å²) < 4.78 is 5.72. The van der Waals surface area contributed by atoms with Gasteiger partial charge in [0.15, 0.2) is 5.65 Å². The molecule has 3 N–H and O–H groups in total. The van der Waals surface area contributed by atoms with Crippen molar-refractivity contribution in [2.75, 3.05) is 31.6 Å². The van der Waals surface area contributed by atoms with Gasteiger partial charge in [-0.05, 0) is 57.0 Å². The lowest BCUT2D eigenvalue weighted by Crippen LogP contribution is -2.35. The fourth-order valence-electron chi connectivity index (χ4n) is 5.49. The van der Waals surface area contributed by atoms with Crippen molar-refractivity contribution in [2.24, 2.45) is 0 Å². The van der Waals surface area contributed by atoms with Crippen LogP contribution in [0.15, 0.2) is 36.5 Å². The van der Waals surface area contributed by atoms with Crippen molar-refractivity contribution < 1.29 is 9.84 Å². The Bertz CT molecular complexity index is 1380. The number of para-hydroxylation sites is 1. The Balaban J connectivity index is 1.36. The number of nitrogens with one attached hydrogen (secondary N) is 2. The van der Waals surface area contributed by atoms with Crippen LogP contribution >= 0.6 is 0 Å². The lowest BCUT2D eigenvalue weighted by molar-refractivity contribution is 0.374. The van der Waals surface area contributed by atoms with Crippen LogP contribution in [0, 0.1) is 0 Å². The second-order valence-corrected chi connectivity index (χ2v) is 9.30. The van der Waals surface area contributed by atoms with Crippen molar-refractivity contribution in [3.63, 3.8) is 0 Å². The zero-order valence-corrected chi connectivity index (χ0v) is 20.0. The first-order valence-electron chi connectivity index (χ1n) is 12.2. The number of piperidine rings is 1. The smallest absolute Gasteiger partial charge is 0.229 e. The van der Waals surface area contributed by atoms with Crippen LogP contribution < -0.4 is 15.0 Å². The maximum absolute atomic E-state index is 10.3. The number of aromatic hydroxyl groups is 1. The second kappa shape index (κ2) is 8.81. The van der Waals surface area contributed by atoms with Crippen molar-refractivity contribution >= 4 is 17.0 Å². The van der Waals surface area contributed by atoms with Gasteiger partial charge in [-0.3, -0.25) is 0 Å². The first-order chi connectivity index (χ1) is 17.1. The summed E-state index contributed by atoms with van der Waals surface area (Å²) in [7, 11) is 1.69. The van der Waals surface area contributed by atoms with E-state index in [1.165, 1.54) is 5.56 Å². The van der Waals surface area contributed by atoms with Gasteiger partial charge in [0.05, 0.1) is 18.8 Å². The number of rotatable bonds is 4. The average Bonchev–Trinajstić information content (AvgIpc) is 3.28. The van der Waals surface area contributed by atoms with Crippen LogP contribution in [0.2, 0.25) is 0 Å². The monoisotopic (exact) mass is 471 g/mol. The number of ether oxygens (including phenoxy) is 1. The Morgan fingerprint density at radius 3 is 2.77 bits per heavy atom. The number of phenolic OH excluding ortho intramolecular Hbond substituents is 1. The highest BCUT2D eigenvalue weighted by Gasteiger charge is 2.31. The Hall–Kier alpha value is -3.72. The molecular formula is C26H29N7O2. The SMILES string of the molecule is COc1nc(N2CCc3[nH]c4nnc(-c5ccccc5O)cc4c3[C@H]2C)ncc1C1CCNCC1. The van der Waals surface area contributed by atoms with Crippen LogP contribution in [-0.2, 0) is 6.42 Å². The summed E-state index contributed by atoms with van der Waals surface area (Å²) in [6.45, 7) is 4.97. The van der Waals surface area contributed by atoms with Gasteiger partial charge in [0.2, 0.25) is 11.8 Å². The fraction of sp³-hybridized carbons (Fsp3) is 0.385. The van der Waals surface area contributed by atoms with Crippen molar-refractivity contribution in [3.05, 3.63) is 53.3 Å². The Kier molecular flexibility index (Phi) is 5.49. The Morgan fingerprint density at radius 1 is 1.14 bits per heavy atom. The van der Waals surface area contributed by atoms with Gasteiger partial charge in [-0.2, -0.15) is 4.98 Å². The molecule has 2 aliphatic rings. The minimum absolute atomic E-state index is 0.0309. The van der Waals surface area contributed by atoms with Gasteiger partial charge in [0, 0.05) is 46.9 Å². The Morgan fingerprint density at radius 2 is 1.97 bits per heavy atom. The van der Waals surface area contributed by atoms with E-state index in [2.05, 4.69) is 32.3 Å². The second-order valence-electron chi connectivity index (χ2n) is 9.30. The first kappa shape index (κ1) is 21.8. The molecule has 35 heavy (non-hydrogen) atoms. The minimum atomic E-state index is 0.0309.